The molecule has 1 aliphatic rings. The summed E-state index contributed by atoms with van der Waals surface area (Å²) in [4.78, 5) is 27.0. The number of carboxylic acid groups (broad SMARTS) is 1. The van der Waals surface area contributed by atoms with Gasteiger partial charge in [0.05, 0.1) is 11.6 Å². The van der Waals surface area contributed by atoms with Gasteiger partial charge in [-0.05, 0) is 44.5 Å². The van der Waals surface area contributed by atoms with Crippen LogP contribution in [0.4, 0.5) is 5.69 Å². The van der Waals surface area contributed by atoms with Crippen molar-refractivity contribution in [2.75, 3.05) is 4.90 Å². The SMILES string of the molecule is CCC(C(=O)O)C1OC(c2ccccc2Cl)c2cc(Cl)ccc2N(C(C)C)C1=O. The van der Waals surface area contributed by atoms with Crippen LogP contribution in [0.25, 0.3) is 0 Å². The molecule has 2 aromatic rings. The molecule has 0 saturated carbocycles. The normalized spacial score (nSPS) is 20.3. The van der Waals surface area contributed by atoms with E-state index < -0.39 is 24.1 Å². The van der Waals surface area contributed by atoms with Crippen LogP contribution in [-0.4, -0.2) is 29.1 Å². The maximum Gasteiger partial charge on any atom is 0.309 e. The Balaban J connectivity index is 2.27. The Morgan fingerprint density at radius 1 is 1.17 bits per heavy atom. The second-order valence-corrected chi connectivity index (χ2v) is 8.16. The number of benzene rings is 2. The highest BCUT2D eigenvalue weighted by atomic mass is 35.5. The molecule has 0 saturated heterocycles. The van der Waals surface area contributed by atoms with Gasteiger partial charge in [0.1, 0.15) is 6.10 Å². The van der Waals surface area contributed by atoms with Crippen molar-refractivity contribution in [3.8, 4) is 0 Å². The summed E-state index contributed by atoms with van der Waals surface area (Å²) in [6.07, 6.45) is -1.64. The van der Waals surface area contributed by atoms with Crippen molar-refractivity contribution < 1.29 is 19.4 Å². The lowest BCUT2D eigenvalue weighted by Gasteiger charge is -2.30. The zero-order valence-electron chi connectivity index (χ0n) is 16.4. The molecule has 2 aromatic carbocycles. The minimum atomic E-state index is -1.16. The third kappa shape index (κ3) is 4.13. The largest absolute Gasteiger partial charge is 0.481 e. The van der Waals surface area contributed by atoms with Gasteiger partial charge in [-0.2, -0.15) is 0 Å². The number of anilines is 1. The summed E-state index contributed by atoms with van der Waals surface area (Å²) >= 11 is 12.7. The molecule has 3 rings (SSSR count). The average Bonchev–Trinajstić information content (AvgIpc) is 2.77. The van der Waals surface area contributed by atoms with Gasteiger partial charge in [0.15, 0.2) is 6.10 Å². The number of carbonyl (C=O) groups excluding carboxylic acids is 1. The fraction of sp³-hybridized carbons (Fsp3) is 0.364. The second kappa shape index (κ2) is 8.74. The monoisotopic (exact) mass is 435 g/mol. The third-order valence-corrected chi connectivity index (χ3v) is 5.70. The highest BCUT2D eigenvalue weighted by Crippen LogP contribution is 2.43. The first-order valence-electron chi connectivity index (χ1n) is 9.51. The molecule has 154 valence electrons. The first-order chi connectivity index (χ1) is 13.8. The van der Waals surface area contributed by atoms with E-state index in [2.05, 4.69) is 0 Å². The summed E-state index contributed by atoms with van der Waals surface area (Å²) in [7, 11) is 0. The molecule has 29 heavy (non-hydrogen) atoms. The second-order valence-electron chi connectivity index (χ2n) is 7.32. The first-order valence-corrected chi connectivity index (χ1v) is 10.3. The lowest BCUT2D eigenvalue weighted by Crippen LogP contribution is -2.48. The van der Waals surface area contributed by atoms with Gasteiger partial charge >= 0.3 is 5.97 Å². The van der Waals surface area contributed by atoms with Crippen molar-refractivity contribution in [2.45, 2.75) is 45.4 Å². The lowest BCUT2D eigenvalue weighted by atomic mass is 9.97. The first kappa shape index (κ1) is 21.6. The van der Waals surface area contributed by atoms with Crippen molar-refractivity contribution >= 4 is 40.8 Å². The molecule has 5 nitrogen and oxygen atoms in total. The standard InChI is InChI=1S/C22H23Cl2NO4/c1-4-14(22(27)28)20-21(26)25(12(2)3)18-10-9-13(23)11-16(18)19(29-20)15-7-5-6-8-17(15)24/h5-12,14,19-20H,4H2,1-3H3,(H,27,28). The number of rotatable bonds is 5. The fourth-order valence-corrected chi connectivity index (χ4v) is 4.15. The quantitative estimate of drug-likeness (QED) is 0.688. The fourth-order valence-electron chi connectivity index (χ4n) is 3.74. The molecule has 1 amide bonds. The van der Waals surface area contributed by atoms with Crippen LogP contribution >= 0.6 is 23.2 Å². The van der Waals surface area contributed by atoms with Crippen LogP contribution in [0.3, 0.4) is 0 Å². The summed E-state index contributed by atoms with van der Waals surface area (Å²) in [6.45, 7) is 5.49. The number of hydrogen-bond acceptors (Lipinski definition) is 3. The van der Waals surface area contributed by atoms with E-state index in [9.17, 15) is 14.7 Å². The van der Waals surface area contributed by atoms with Crippen LogP contribution in [0.2, 0.25) is 10.0 Å². The number of halogens is 2. The van der Waals surface area contributed by atoms with E-state index in [1.807, 2.05) is 26.0 Å². The smallest absolute Gasteiger partial charge is 0.309 e. The van der Waals surface area contributed by atoms with Gasteiger partial charge in [0.2, 0.25) is 0 Å². The minimum absolute atomic E-state index is 0.204. The number of nitrogens with zero attached hydrogens (tertiary/aromatic N) is 1. The number of hydrogen-bond donors (Lipinski definition) is 1. The predicted molar refractivity (Wildman–Crippen MR) is 114 cm³/mol. The molecule has 1 N–H and O–H groups in total. The average molecular weight is 436 g/mol. The van der Waals surface area contributed by atoms with Gasteiger partial charge in [-0.1, -0.05) is 48.3 Å². The highest BCUT2D eigenvalue weighted by Gasteiger charge is 2.43. The van der Waals surface area contributed by atoms with Crippen molar-refractivity contribution in [2.24, 2.45) is 5.92 Å². The van der Waals surface area contributed by atoms with E-state index in [1.54, 1.807) is 42.2 Å². The van der Waals surface area contributed by atoms with Gasteiger partial charge in [-0.25, -0.2) is 0 Å². The van der Waals surface area contributed by atoms with Crippen LogP contribution in [0, 0.1) is 5.92 Å². The van der Waals surface area contributed by atoms with E-state index in [4.69, 9.17) is 27.9 Å². The Labute approximate surface area is 180 Å². The highest BCUT2D eigenvalue weighted by molar-refractivity contribution is 6.31. The molecule has 0 radical (unpaired) electrons. The molecule has 3 unspecified atom stereocenters. The molecule has 1 heterocycles. The Morgan fingerprint density at radius 2 is 1.86 bits per heavy atom. The Morgan fingerprint density at radius 3 is 2.45 bits per heavy atom. The van der Waals surface area contributed by atoms with E-state index in [1.165, 1.54) is 0 Å². The number of ether oxygens (including phenoxy) is 1. The number of aliphatic carboxylic acids is 1. The zero-order chi connectivity index (χ0) is 21.3. The lowest BCUT2D eigenvalue weighted by molar-refractivity contribution is -0.155. The summed E-state index contributed by atoms with van der Waals surface area (Å²) in [5, 5.41) is 10.7. The molecule has 7 heteroatoms. The molecule has 0 spiro atoms. The van der Waals surface area contributed by atoms with Gasteiger partial charge in [0.25, 0.3) is 5.91 Å². The maximum atomic E-state index is 13.5. The Hall–Kier alpha value is -2.08. The van der Waals surface area contributed by atoms with E-state index in [0.29, 0.717) is 26.9 Å². The van der Waals surface area contributed by atoms with Crippen molar-refractivity contribution in [1.82, 2.24) is 0 Å². The molecule has 3 atom stereocenters. The number of fused-ring (bicyclic) bond motifs is 1. The molecule has 0 fully saturated rings. The molecule has 0 aromatic heterocycles. The molecular weight excluding hydrogens is 413 g/mol. The number of carbonyl (C=O) groups is 2. The van der Waals surface area contributed by atoms with Crippen LogP contribution in [0.5, 0.6) is 0 Å². The van der Waals surface area contributed by atoms with Gasteiger partial charge < -0.3 is 14.7 Å². The van der Waals surface area contributed by atoms with Crippen molar-refractivity contribution in [3.05, 3.63) is 63.6 Å². The van der Waals surface area contributed by atoms with Crippen LogP contribution in [-0.2, 0) is 14.3 Å². The third-order valence-electron chi connectivity index (χ3n) is 5.12. The van der Waals surface area contributed by atoms with Crippen LogP contribution < -0.4 is 4.90 Å². The Bertz CT molecular complexity index is 931. The van der Waals surface area contributed by atoms with Gasteiger partial charge in [0, 0.05) is 27.2 Å². The number of carboxylic acids is 1. The van der Waals surface area contributed by atoms with E-state index >= 15 is 0 Å². The van der Waals surface area contributed by atoms with Gasteiger partial charge in [-0.3, -0.25) is 9.59 Å². The van der Waals surface area contributed by atoms with Crippen LogP contribution in [0.15, 0.2) is 42.5 Å². The summed E-state index contributed by atoms with van der Waals surface area (Å²) in [5.41, 5.74) is 1.97. The molecule has 0 bridgehead atoms. The van der Waals surface area contributed by atoms with Crippen LogP contribution in [0.1, 0.15) is 44.4 Å². The topological polar surface area (TPSA) is 66.8 Å². The van der Waals surface area contributed by atoms with Gasteiger partial charge in [-0.15, -0.1) is 0 Å². The summed E-state index contributed by atoms with van der Waals surface area (Å²) in [6, 6.07) is 12.2. The molecule has 0 aliphatic carbocycles. The van der Waals surface area contributed by atoms with Crippen molar-refractivity contribution in [1.29, 1.82) is 0 Å². The van der Waals surface area contributed by atoms with E-state index in [-0.39, 0.29) is 18.4 Å². The molecule has 1 aliphatic heterocycles. The number of amides is 1. The minimum Gasteiger partial charge on any atom is -0.481 e. The maximum absolute atomic E-state index is 13.5. The van der Waals surface area contributed by atoms with Crippen molar-refractivity contribution in [3.63, 3.8) is 0 Å². The Kier molecular flexibility index (Phi) is 6.52. The summed E-state index contributed by atoms with van der Waals surface area (Å²) in [5.74, 6) is -2.44. The molecular formula is C22H23Cl2NO4. The zero-order valence-corrected chi connectivity index (χ0v) is 17.9. The van der Waals surface area contributed by atoms with E-state index in [0.717, 1.165) is 0 Å². The summed E-state index contributed by atoms with van der Waals surface area (Å²) < 4.78 is 6.25. The predicted octanol–water partition coefficient (Wildman–Crippen LogP) is 5.33.